The van der Waals surface area contributed by atoms with Crippen LogP contribution in [-0.4, -0.2) is 41.4 Å². The fourth-order valence-electron chi connectivity index (χ4n) is 3.40. The number of aryl methyl sites for hydroxylation is 1. The van der Waals surface area contributed by atoms with Crippen LogP contribution in [-0.2, 0) is 23.4 Å². The minimum atomic E-state index is -4.07. The first-order chi connectivity index (χ1) is 16.6. The molecule has 1 aliphatic rings. The average molecular weight is 507 g/mol. The Morgan fingerprint density at radius 1 is 1.23 bits per heavy atom. The lowest BCUT2D eigenvalue weighted by Crippen LogP contribution is -2.38. The lowest BCUT2D eigenvalue weighted by molar-refractivity contribution is -0.143. The molecule has 0 bridgehead atoms. The van der Waals surface area contributed by atoms with E-state index >= 15 is 0 Å². The predicted octanol–water partition coefficient (Wildman–Crippen LogP) is 2.68. The third-order valence-electron chi connectivity index (χ3n) is 5.11. The minimum absolute atomic E-state index is 0.0951. The van der Waals surface area contributed by atoms with Gasteiger partial charge in [0.05, 0.1) is 13.7 Å². The van der Waals surface area contributed by atoms with Crippen molar-refractivity contribution in [1.82, 2.24) is 14.6 Å². The number of nitrogens with one attached hydrogen (secondary N) is 2. The second kappa shape index (κ2) is 11.6. The van der Waals surface area contributed by atoms with Crippen molar-refractivity contribution in [2.45, 2.75) is 45.6 Å². The van der Waals surface area contributed by atoms with E-state index < -0.39 is 43.3 Å². The number of methoxy groups -OCH3 is 1. The van der Waals surface area contributed by atoms with E-state index in [9.17, 15) is 18.9 Å². The van der Waals surface area contributed by atoms with Crippen LogP contribution < -0.4 is 20.9 Å². The lowest BCUT2D eigenvalue weighted by Gasteiger charge is -2.26. The molecule has 3 rings (SSSR count). The number of ether oxygens (including phenoxy) is 2. The van der Waals surface area contributed by atoms with E-state index in [2.05, 4.69) is 10.1 Å². The molecule has 2 heterocycles. The molecular formula is C23H30N3O8P. The fraction of sp³-hybridized carbons (Fsp3) is 0.435. The Hall–Kier alpha value is -2.98. The smallest absolute Gasteiger partial charge is 0.459 e. The fourth-order valence-corrected chi connectivity index (χ4v) is 4.92. The quantitative estimate of drug-likeness (QED) is 0.267. The number of benzene rings is 1. The summed E-state index contributed by atoms with van der Waals surface area (Å²) in [4.78, 5) is 38.3. The van der Waals surface area contributed by atoms with Crippen LogP contribution >= 0.6 is 7.75 Å². The zero-order chi connectivity index (χ0) is 25.6. The Kier molecular flexibility index (Phi) is 8.85. The predicted molar refractivity (Wildman–Crippen MR) is 128 cm³/mol. The first-order valence-electron chi connectivity index (χ1n) is 11.1. The zero-order valence-electron chi connectivity index (χ0n) is 20.0. The third kappa shape index (κ3) is 7.25. The van der Waals surface area contributed by atoms with Crippen LogP contribution in [0.5, 0.6) is 5.75 Å². The van der Waals surface area contributed by atoms with Gasteiger partial charge in [0.25, 0.3) is 5.56 Å². The van der Waals surface area contributed by atoms with Gasteiger partial charge < -0.3 is 14.0 Å². The van der Waals surface area contributed by atoms with Crippen LogP contribution in [0, 0.1) is 12.8 Å². The van der Waals surface area contributed by atoms with Crippen LogP contribution in [0.15, 0.2) is 58.3 Å². The summed E-state index contributed by atoms with van der Waals surface area (Å²) < 4.78 is 36.9. The van der Waals surface area contributed by atoms with E-state index in [-0.39, 0.29) is 18.3 Å². The summed E-state index contributed by atoms with van der Waals surface area (Å²) >= 11 is 0. The summed E-state index contributed by atoms with van der Waals surface area (Å²) in [6.45, 7) is 5.21. The molecule has 0 radical (unpaired) electrons. The molecule has 1 aromatic heterocycles. The topological polar surface area (TPSA) is 138 Å². The second-order valence-electron chi connectivity index (χ2n) is 8.46. The van der Waals surface area contributed by atoms with Crippen molar-refractivity contribution in [2.24, 2.45) is 5.92 Å². The maximum atomic E-state index is 13.7. The minimum Gasteiger partial charge on any atom is -0.468 e. The number of carbonyl (C=O) groups is 1. The van der Waals surface area contributed by atoms with Gasteiger partial charge in [-0.15, -0.1) is 0 Å². The zero-order valence-corrected chi connectivity index (χ0v) is 20.9. The Balaban J connectivity index is 1.74. The van der Waals surface area contributed by atoms with Gasteiger partial charge in [0.1, 0.15) is 17.9 Å². The van der Waals surface area contributed by atoms with Gasteiger partial charge in [0, 0.05) is 11.8 Å². The molecular weight excluding hydrogens is 477 g/mol. The molecule has 190 valence electrons. The van der Waals surface area contributed by atoms with Crippen molar-refractivity contribution in [1.29, 1.82) is 0 Å². The Labute approximate surface area is 202 Å². The molecule has 2 unspecified atom stereocenters. The monoisotopic (exact) mass is 507 g/mol. The van der Waals surface area contributed by atoms with Crippen molar-refractivity contribution < 1.29 is 27.9 Å². The SMILES string of the molecule is COC(=O)C(CC(C)C)NP(=O)(OC[C@@H]1C=C[C@H](n2cc(C)c(=O)[nH]c2=O)O1)Oc1ccccc1. The standard InChI is InChI=1S/C23H30N3O8P/c1-15(2)12-19(22(28)31-4)25-35(30,34-17-8-6-5-7-9-17)32-14-18-10-11-20(33-18)26-13-16(3)21(27)24-23(26)29/h5-11,13,15,18-20H,12,14H2,1-4H3,(H,25,30)(H,24,27,29)/t18-,19?,20+,35?/m0/s1. The van der Waals surface area contributed by atoms with E-state index in [1.165, 1.54) is 17.9 Å². The van der Waals surface area contributed by atoms with Crippen LogP contribution in [0.25, 0.3) is 0 Å². The molecule has 0 saturated carbocycles. The number of aromatic nitrogens is 2. The summed E-state index contributed by atoms with van der Waals surface area (Å²) in [5.74, 6) is -0.214. The summed E-state index contributed by atoms with van der Waals surface area (Å²) in [7, 11) is -2.82. The van der Waals surface area contributed by atoms with Crippen molar-refractivity contribution in [3.8, 4) is 5.75 Å². The van der Waals surface area contributed by atoms with Crippen LogP contribution in [0.1, 0.15) is 32.1 Å². The normalized spacial score (nSPS) is 19.9. The molecule has 1 aromatic carbocycles. The van der Waals surface area contributed by atoms with Crippen molar-refractivity contribution in [3.05, 3.63) is 75.1 Å². The number of carbonyl (C=O) groups excluding carboxylic acids is 1. The van der Waals surface area contributed by atoms with E-state index in [4.69, 9.17) is 18.5 Å². The highest BCUT2D eigenvalue weighted by Gasteiger charge is 2.36. The molecule has 11 nitrogen and oxygen atoms in total. The Bertz CT molecular complexity index is 1210. The second-order valence-corrected chi connectivity index (χ2v) is 10.2. The number of esters is 1. The molecule has 12 heteroatoms. The molecule has 0 saturated heterocycles. The molecule has 0 fully saturated rings. The summed E-state index contributed by atoms with van der Waals surface area (Å²) in [5, 5.41) is 2.71. The van der Waals surface area contributed by atoms with Gasteiger partial charge in [-0.2, -0.15) is 5.09 Å². The number of para-hydroxylation sites is 1. The summed E-state index contributed by atoms with van der Waals surface area (Å²) in [6.07, 6.45) is 3.56. The first-order valence-corrected chi connectivity index (χ1v) is 12.6. The van der Waals surface area contributed by atoms with Gasteiger partial charge in [-0.25, -0.2) is 9.36 Å². The van der Waals surface area contributed by atoms with E-state index in [0.29, 0.717) is 12.0 Å². The van der Waals surface area contributed by atoms with Gasteiger partial charge >= 0.3 is 19.4 Å². The van der Waals surface area contributed by atoms with E-state index in [1.807, 2.05) is 13.8 Å². The van der Waals surface area contributed by atoms with E-state index in [1.54, 1.807) is 49.4 Å². The highest BCUT2D eigenvalue weighted by Crippen LogP contribution is 2.46. The van der Waals surface area contributed by atoms with Crippen LogP contribution in [0.2, 0.25) is 0 Å². The number of nitrogens with zero attached hydrogens (tertiary/aromatic N) is 1. The van der Waals surface area contributed by atoms with Crippen LogP contribution in [0.3, 0.4) is 0 Å². The van der Waals surface area contributed by atoms with Gasteiger partial charge in [-0.3, -0.25) is 23.7 Å². The molecule has 4 atom stereocenters. The maximum absolute atomic E-state index is 13.7. The number of hydrogen-bond donors (Lipinski definition) is 2. The first kappa shape index (κ1) is 26.6. The van der Waals surface area contributed by atoms with Crippen molar-refractivity contribution in [3.63, 3.8) is 0 Å². The maximum Gasteiger partial charge on any atom is 0.459 e. The van der Waals surface area contributed by atoms with Gasteiger partial charge in [-0.05, 0) is 37.5 Å². The molecule has 0 aliphatic carbocycles. The molecule has 0 amide bonds. The van der Waals surface area contributed by atoms with Gasteiger partial charge in [0.15, 0.2) is 6.23 Å². The lowest BCUT2D eigenvalue weighted by atomic mass is 10.1. The molecule has 35 heavy (non-hydrogen) atoms. The molecule has 2 aromatic rings. The molecule has 1 aliphatic heterocycles. The number of H-pyrrole nitrogens is 1. The Morgan fingerprint density at radius 3 is 2.60 bits per heavy atom. The van der Waals surface area contributed by atoms with E-state index in [0.717, 1.165) is 0 Å². The van der Waals surface area contributed by atoms with Gasteiger partial charge in [-0.1, -0.05) is 38.1 Å². The number of rotatable bonds is 11. The summed E-state index contributed by atoms with van der Waals surface area (Å²) in [5.41, 5.74) is -0.740. The molecule has 0 spiro atoms. The third-order valence-corrected chi connectivity index (χ3v) is 6.68. The van der Waals surface area contributed by atoms with Crippen molar-refractivity contribution >= 4 is 13.7 Å². The summed E-state index contributed by atoms with van der Waals surface area (Å²) in [6, 6.07) is 7.50. The van der Waals surface area contributed by atoms with Crippen molar-refractivity contribution in [2.75, 3.05) is 13.7 Å². The number of aromatic amines is 1. The molecule has 2 N–H and O–H groups in total. The van der Waals surface area contributed by atoms with Gasteiger partial charge in [0.2, 0.25) is 0 Å². The number of hydrogen-bond acceptors (Lipinski definition) is 8. The Morgan fingerprint density at radius 2 is 1.94 bits per heavy atom. The average Bonchev–Trinajstić information content (AvgIpc) is 3.28. The largest absolute Gasteiger partial charge is 0.468 e. The van der Waals surface area contributed by atoms with Crippen LogP contribution in [0.4, 0.5) is 0 Å². The highest BCUT2D eigenvalue weighted by molar-refractivity contribution is 7.52. The highest BCUT2D eigenvalue weighted by atomic mass is 31.2.